The van der Waals surface area contributed by atoms with Crippen LogP contribution in [-0.4, -0.2) is 131 Å². The number of carbonyl (C=O) groups excluding carboxylic acids is 1. The second-order valence-electron chi connectivity index (χ2n) is 19.3. The molecule has 0 aromatic heterocycles. The summed E-state index contributed by atoms with van der Waals surface area (Å²) in [6.07, 6.45) is 8.87. The highest BCUT2D eigenvalue weighted by Crippen LogP contribution is 2.44. The Bertz CT molecular complexity index is 2460. The van der Waals surface area contributed by atoms with E-state index in [2.05, 4.69) is 54.0 Å². The van der Waals surface area contributed by atoms with Crippen molar-refractivity contribution in [2.24, 2.45) is 5.41 Å². The third-order valence-electron chi connectivity index (χ3n) is 14.1. The summed E-state index contributed by atoms with van der Waals surface area (Å²) < 4.78 is 29.4. The van der Waals surface area contributed by atoms with E-state index in [9.17, 15) is 23.3 Å². The van der Waals surface area contributed by atoms with Crippen LogP contribution >= 0.6 is 23.4 Å². The standard InChI is InChI=1S/C52H67ClN8O5S2/c1-52(39-59-29-24-54-25-30-59)23-21-48(40-11-15-43(53)16-12-40)42(36-52)37-58-31-33-60(34-32-58)45-17-13-41(14-18-45)51(62)56-68(65,66)47-19-20-49(50(35-47)61(63)64)55-44(38-67-46-9-5-4-6-10-46)22-28-57-26-7-2-3-8-27-57/h4-6,9-20,35,44,54-55H,2-3,7-8,21-34,36-39H2,1H3,(H,56,62)/t44-,52-/m1/s1. The van der Waals surface area contributed by atoms with Crippen LogP contribution in [0.2, 0.25) is 5.02 Å². The van der Waals surface area contributed by atoms with Crippen LogP contribution < -0.4 is 20.3 Å². The number of nitro groups is 1. The van der Waals surface area contributed by atoms with Gasteiger partial charge in [0.05, 0.1) is 9.82 Å². The van der Waals surface area contributed by atoms with Gasteiger partial charge in [-0.2, -0.15) is 0 Å². The number of hydrogen-bond acceptors (Lipinski definition) is 12. The molecule has 8 rings (SSSR count). The Hall–Kier alpha value is -4.48. The Morgan fingerprint density at radius 2 is 1.56 bits per heavy atom. The van der Waals surface area contributed by atoms with E-state index in [4.69, 9.17) is 11.6 Å². The predicted molar refractivity (Wildman–Crippen MR) is 277 cm³/mol. The number of sulfonamides is 1. The SMILES string of the molecule is C[C@@]1(CN2CCNCC2)CCC(c2ccc(Cl)cc2)=C(CN2CCN(c3ccc(C(=O)NS(=O)(=O)c4ccc(N[C@H](CCN5CCCCCC5)CSc5ccccc5)c([N+](=O)[O-])c4)cc3)CC2)C1. The zero-order valence-corrected chi connectivity index (χ0v) is 41.7. The number of piperazine rings is 2. The molecule has 364 valence electrons. The van der Waals surface area contributed by atoms with Crippen LogP contribution in [0.3, 0.4) is 0 Å². The second kappa shape index (κ2) is 23.4. The maximum Gasteiger partial charge on any atom is 0.293 e. The fraction of sp³-hybridized carbons (Fsp3) is 0.481. The summed E-state index contributed by atoms with van der Waals surface area (Å²) in [6, 6.07) is 29.0. The average Bonchev–Trinajstić information content (AvgIpc) is 3.63. The number of benzene rings is 4. The van der Waals surface area contributed by atoms with Crippen LogP contribution in [0.1, 0.15) is 74.2 Å². The topological polar surface area (TPSA) is 143 Å². The third kappa shape index (κ3) is 13.6. The van der Waals surface area contributed by atoms with Gasteiger partial charge in [-0.15, -0.1) is 11.8 Å². The maximum atomic E-state index is 13.6. The molecule has 3 heterocycles. The van der Waals surface area contributed by atoms with Crippen LogP contribution in [-0.2, 0) is 10.0 Å². The summed E-state index contributed by atoms with van der Waals surface area (Å²) >= 11 is 7.98. The quantitative estimate of drug-likeness (QED) is 0.0498. The average molecular weight is 984 g/mol. The fourth-order valence-electron chi connectivity index (χ4n) is 10.3. The van der Waals surface area contributed by atoms with Gasteiger partial charge in [0.1, 0.15) is 5.69 Å². The van der Waals surface area contributed by atoms with Crippen molar-refractivity contribution in [3.63, 3.8) is 0 Å². The number of nitrogens with one attached hydrogen (secondary N) is 3. The predicted octanol–water partition coefficient (Wildman–Crippen LogP) is 8.88. The van der Waals surface area contributed by atoms with E-state index in [1.54, 1.807) is 23.9 Å². The molecule has 4 aromatic carbocycles. The molecule has 4 aromatic rings. The first-order valence-corrected chi connectivity index (χ1v) is 27.2. The molecular weight excluding hydrogens is 916 g/mol. The summed E-state index contributed by atoms with van der Waals surface area (Å²) in [4.78, 5) is 36.0. The lowest BCUT2D eigenvalue weighted by Gasteiger charge is -2.43. The van der Waals surface area contributed by atoms with Crippen molar-refractivity contribution in [2.45, 2.75) is 74.1 Å². The molecule has 0 radical (unpaired) electrons. The Kier molecular flexibility index (Phi) is 17.2. The zero-order chi connectivity index (χ0) is 47.5. The van der Waals surface area contributed by atoms with Crippen LogP contribution in [0.15, 0.2) is 112 Å². The summed E-state index contributed by atoms with van der Waals surface area (Å²) in [6.45, 7) is 15.2. The monoisotopic (exact) mass is 982 g/mol. The number of likely N-dealkylation sites (tertiary alicyclic amines) is 1. The molecule has 16 heteroatoms. The van der Waals surface area contributed by atoms with E-state index in [-0.39, 0.29) is 33.3 Å². The molecule has 0 spiro atoms. The van der Waals surface area contributed by atoms with Crippen molar-refractivity contribution in [1.29, 1.82) is 0 Å². The molecular formula is C52H67ClN8O5S2. The largest absolute Gasteiger partial charge is 0.376 e. The normalized spacial score (nSPS) is 20.7. The first-order chi connectivity index (χ1) is 32.9. The van der Waals surface area contributed by atoms with E-state index in [1.165, 1.54) is 54.5 Å². The third-order valence-corrected chi connectivity index (χ3v) is 16.8. The lowest BCUT2D eigenvalue weighted by Crippen LogP contribution is -2.49. The number of halogens is 1. The van der Waals surface area contributed by atoms with Gasteiger partial charge in [0.2, 0.25) is 0 Å². The van der Waals surface area contributed by atoms with E-state index >= 15 is 0 Å². The molecule has 0 unspecified atom stereocenters. The molecule has 4 aliphatic rings. The van der Waals surface area contributed by atoms with E-state index in [0.717, 1.165) is 132 Å². The summed E-state index contributed by atoms with van der Waals surface area (Å²) in [5.41, 5.74) is 5.47. The van der Waals surface area contributed by atoms with E-state index in [1.807, 2.05) is 54.6 Å². The van der Waals surface area contributed by atoms with Crippen LogP contribution in [0.5, 0.6) is 0 Å². The van der Waals surface area contributed by atoms with Crippen molar-refractivity contribution >= 4 is 61.9 Å². The highest BCUT2D eigenvalue weighted by atomic mass is 35.5. The molecule has 0 bridgehead atoms. The number of hydrogen-bond donors (Lipinski definition) is 3. The van der Waals surface area contributed by atoms with E-state index in [0.29, 0.717) is 5.75 Å². The molecule has 0 saturated carbocycles. The molecule has 3 aliphatic heterocycles. The number of carbonyl (C=O) groups is 1. The molecule has 68 heavy (non-hydrogen) atoms. The second-order valence-corrected chi connectivity index (χ2v) is 22.5. The molecule has 1 amide bonds. The zero-order valence-electron chi connectivity index (χ0n) is 39.3. The minimum Gasteiger partial charge on any atom is -0.376 e. The van der Waals surface area contributed by atoms with Crippen LogP contribution in [0.4, 0.5) is 17.1 Å². The number of thioether (sulfide) groups is 1. The van der Waals surface area contributed by atoms with Crippen molar-refractivity contribution in [3.05, 3.63) is 129 Å². The Morgan fingerprint density at radius 1 is 0.853 bits per heavy atom. The summed E-state index contributed by atoms with van der Waals surface area (Å²) in [7, 11) is -4.44. The first-order valence-electron chi connectivity index (χ1n) is 24.4. The molecule has 1 aliphatic carbocycles. The fourth-order valence-corrected chi connectivity index (χ4v) is 12.4. The van der Waals surface area contributed by atoms with Gasteiger partial charge in [-0.3, -0.25) is 19.8 Å². The Morgan fingerprint density at radius 3 is 2.25 bits per heavy atom. The van der Waals surface area contributed by atoms with Crippen molar-refractivity contribution in [1.82, 2.24) is 24.7 Å². The van der Waals surface area contributed by atoms with Gasteiger partial charge in [-0.05, 0) is 129 Å². The Labute approximate surface area is 412 Å². The number of amides is 1. The van der Waals surface area contributed by atoms with Crippen LogP contribution in [0, 0.1) is 15.5 Å². The minimum atomic E-state index is -4.44. The van der Waals surface area contributed by atoms with Crippen LogP contribution in [0.25, 0.3) is 5.57 Å². The summed E-state index contributed by atoms with van der Waals surface area (Å²) in [5.74, 6) is -0.137. The molecule has 3 N–H and O–H groups in total. The molecule has 3 saturated heterocycles. The lowest BCUT2D eigenvalue weighted by molar-refractivity contribution is -0.384. The smallest absolute Gasteiger partial charge is 0.293 e. The number of anilines is 2. The van der Waals surface area contributed by atoms with Gasteiger partial charge < -0.3 is 25.3 Å². The Balaban J connectivity index is 0.879. The number of rotatable bonds is 18. The summed E-state index contributed by atoms with van der Waals surface area (Å²) in [5, 5.41) is 20.1. The lowest BCUT2D eigenvalue weighted by atomic mass is 9.71. The van der Waals surface area contributed by atoms with E-state index < -0.39 is 20.9 Å². The van der Waals surface area contributed by atoms with Gasteiger partial charge in [-0.1, -0.05) is 67.3 Å². The number of nitro benzene ring substituents is 1. The number of allylic oxidation sites excluding steroid dienone is 1. The van der Waals surface area contributed by atoms with Crippen molar-refractivity contribution in [3.8, 4) is 0 Å². The maximum absolute atomic E-state index is 13.6. The number of nitrogens with zero attached hydrogens (tertiary/aromatic N) is 5. The molecule has 3 fully saturated rings. The molecule has 13 nitrogen and oxygen atoms in total. The first kappa shape index (κ1) is 49.9. The molecule has 2 atom stereocenters. The minimum absolute atomic E-state index is 0.117. The highest BCUT2D eigenvalue weighted by molar-refractivity contribution is 7.99. The van der Waals surface area contributed by atoms with Crippen molar-refractivity contribution in [2.75, 3.05) is 101 Å². The van der Waals surface area contributed by atoms with Gasteiger partial charge in [-0.25, -0.2) is 13.1 Å². The van der Waals surface area contributed by atoms with Gasteiger partial charge in [0.15, 0.2) is 0 Å². The highest BCUT2D eigenvalue weighted by Gasteiger charge is 2.35. The van der Waals surface area contributed by atoms with Crippen molar-refractivity contribution < 1.29 is 18.1 Å². The van der Waals surface area contributed by atoms with Gasteiger partial charge in [0, 0.05) is 111 Å². The van der Waals surface area contributed by atoms with Gasteiger partial charge >= 0.3 is 0 Å². The van der Waals surface area contributed by atoms with Gasteiger partial charge in [0.25, 0.3) is 21.6 Å².